The fourth-order valence-corrected chi connectivity index (χ4v) is 3.87. The summed E-state index contributed by atoms with van der Waals surface area (Å²) in [6.45, 7) is 6.42. The largest absolute Gasteiger partial charge is 0.495 e. The molecule has 0 atom stereocenters. The Morgan fingerprint density at radius 1 is 1.21 bits per heavy atom. The van der Waals surface area contributed by atoms with Gasteiger partial charge in [0.2, 0.25) is 0 Å². The van der Waals surface area contributed by atoms with Crippen molar-refractivity contribution >= 4 is 28.1 Å². The molecule has 0 unspecified atom stereocenters. The highest BCUT2D eigenvalue weighted by atomic mass is 19.1. The van der Waals surface area contributed by atoms with E-state index in [1.165, 1.54) is 31.4 Å². The Morgan fingerprint density at radius 2 is 2.00 bits per heavy atom. The van der Waals surface area contributed by atoms with Crippen molar-refractivity contribution in [3.05, 3.63) is 54.6 Å². The number of methoxy groups -OCH3 is 1. The van der Waals surface area contributed by atoms with Crippen molar-refractivity contribution in [2.24, 2.45) is 7.05 Å². The van der Waals surface area contributed by atoms with Crippen LogP contribution in [0.2, 0.25) is 0 Å². The molecule has 1 fully saturated rings. The van der Waals surface area contributed by atoms with Crippen LogP contribution in [0.4, 0.5) is 15.9 Å². The van der Waals surface area contributed by atoms with Crippen LogP contribution >= 0.6 is 0 Å². The SMILES string of the molecule is C=C(c1cnc(Nc2cc(F)ccc2OC)c2ccn(C)c12)N1CCCCC1. The maximum atomic E-state index is 13.7. The van der Waals surface area contributed by atoms with Gasteiger partial charge < -0.3 is 19.5 Å². The summed E-state index contributed by atoms with van der Waals surface area (Å²) in [5.74, 6) is 0.895. The number of aryl methyl sites for hydroxylation is 1. The van der Waals surface area contributed by atoms with E-state index in [2.05, 4.69) is 26.3 Å². The summed E-state index contributed by atoms with van der Waals surface area (Å²) in [7, 11) is 3.58. The molecular weight excluding hydrogens is 355 g/mol. The van der Waals surface area contributed by atoms with Crippen LogP contribution in [0.25, 0.3) is 16.6 Å². The molecule has 1 aliphatic heterocycles. The van der Waals surface area contributed by atoms with Gasteiger partial charge in [-0.25, -0.2) is 9.37 Å². The van der Waals surface area contributed by atoms with Gasteiger partial charge in [-0.15, -0.1) is 0 Å². The lowest BCUT2D eigenvalue weighted by Crippen LogP contribution is -2.28. The molecule has 5 nitrogen and oxygen atoms in total. The maximum Gasteiger partial charge on any atom is 0.142 e. The molecule has 0 radical (unpaired) electrons. The zero-order valence-electron chi connectivity index (χ0n) is 16.3. The van der Waals surface area contributed by atoms with Gasteiger partial charge in [0.1, 0.15) is 17.4 Å². The van der Waals surface area contributed by atoms with Crippen LogP contribution in [0.15, 0.2) is 43.2 Å². The van der Waals surface area contributed by atoms with Crippen molar-refractivity contribution in [2.75, 3.05) is 25.5 Å². The Labute approximate surface area is 164 Å². The molecule has 1 aliphatic rings. The minimum atomic E-state index is -0.331. The van der Waals surface area contributed by atoms with E-state index < -0.39 is 0 Å². The van der Waals surface area contributed by atoms with E-state index in [4.69, 9.17) is 4.74 Å². The molecular formula is C22H25FN4O. The standard InChI is InChI=1S/C22H25FN4O/c1-15(27-10-5-4-6-11-27)18-14-24-22(17-9-12-26(2)21(17)18)25-19-13-16(23)7-8-20(19)28-3/h7-9,12-14H,1,4-6,10-11H2,2-3H3,(H,24,25). The summed E-state index contributed by atoms with van der Waals surface area (Å²) in [6, 6.07) is 6.41. The summed E-state index contributed by atoms with van der Waals surface area (Å²) in [6.07, 6.45) is 7.53. The van der Waals surface area contributed by atoms with E-state index in [1.807, 2.05) is 25.5 Å². The van der Waals surface area contributed by atoms with E-state index >= 15 is 0 Å². The number of piperidine rings is 1. The molecule has 146 valence electrons. The first kappa shape index (κ1) is 18.3. The second-order valence-corrected chi connectivity index (χ2v) is 7.17. The van der Waals surface area contributed by atoms with E-state index in [0.29, 0.717) is 17.3 Å². The number of benzene rings is 1. The van der Waals surface area contributed by atoms with E-state index in [1.54, 1.807) is 13.2 Å². The van der Waals surface area contributed by atoms with Crippen molar-refractivity contribution < 1.29 is 9.13 Å². The maximum absolute atomic E-state index is 13.7. The molecule has 0 bridgehead atoms. The van der Waals surface area contributed by atoms with Crippen molar-refractivity contribution in [3.8, 4) is 5.75 Å². The summed E-state index contributed by atoms with van der Waals surface area (Å²) < 4.78 is 21.2. The van der Waals surface area contributed by atoms with Crippen molar-refractivity contribution in [1.82, 2.24) is 14.5 Å². The Hall–Kier alpha value is -3.02. The van der Waals surface area contributed by atoms with Crippen molar-refractivity contribution in [1.29, 1.82) is 0 Å². The minimum absolute atomic E-state index is 0.331. The number of fused-ring (bicyclic) bond motifs is 1. The molecule has 2 aromatic heterocycles. The first-order valence-corrected chi connectivity index (χ1v) is 9.57. The van der Waals surface area contributed by atoms with Crippen LogP contribution in [0.1, 0.15) is 24.8 Å². The number of rotatable bonds is 5. The van der Waals surface area contributed by atoms with Crippen LogP contribution in [0.3, 0.4) is 0 Å². The summed E-state index contributed by atoms with van der Waals surface area (Å²) in [5, 5.41) is 4.20. The number of ether oxygens (including phenoxy) is 1. The molecule has 0 saturated carbocycles. The van der Waals surface area contributed by atoms with E-state index in [-0.39, 0.29) is 5.82 Å². The number of anilines is 2. The Morgan fingerprint density at radius 3 is 2.75 bits per heavy atom. The van der Waals surface area contributed by atoms with Gasteiger partial charge >= 0.3 is 0 Å². The van der Waals surface area contributed by atoms with Crippen molar-refractivity contribution in [3.63, 3.8) is 0 Å². The summed E-state index contributed by atoms with van der Waals surface area (Å²) >= 11 is 0. The van der Waals surface area contributed by atoms with Gasteiger partial charge in [0.05, 0.1) is 18.3 Å². The van der Waals surface area contributed by atoms with Gasteiger partial charge in [-0.05, 0) is 37.5 Å². The van der Waals surface area contributed by atoms with Gasteiger partial charge in [-0.3, -0.25) is 0 Å². The summed E-state index contributed by atoms with van der Waals surface area (Å²) in [5.41, 5.74) is 3.64. The average molecular weight is 380 g/mol. The lowest BCUT2D eigenvalue weighted by Gasteiger charge is -2.31. The Balaban J connectivity index is 1.74. The van der Waals surface area contributed by atoms with Gasteiger partial charge in [0.25, 0.3) is 0 Å². The lowest BCUT2D eigenvalue weighted by atomic mass is 10.1. The first-order chi connectivity index (χ1) is 13.6. The second kappa shape index (κ2) is 7.54. The molecule has 1 saturated heterocycles. The van der Waals surface area contributed by atoms with Crippen molar-refractivity contribution in [2.45, 2.75) is 19.3 Å². The number of nitrogens with zero attached hydrogens (tertiary/aromatic N) is 3. The molecule has 28 heavy (non-hydrogen) atoms. The fourth-order valence-electron chi connectivity index (χ4n) is 3.87. The monoisotopic (exact) mass is 380 g/mol. The van der Waals surface area contributed by atoms with Gasteiger partial charge in [-0.1, -0.05) is 6.58 Å². The van der Waals surface area contributed by atoms with Crippen LogP contribution in [0.5, 0.6) is 5.75 Å². The fraction of sp³-hybridized carbons (Fsp3) is 0.318. The van der Waals surface area contributed by atoms with E-state index in [0.717, 1.165) is 35.3 Å². The zero-order chi connectivity index (χ0) is 19.7. The van der Waals surface area contributed by atoms with E-state index in [9.17, 15) is 4.39 Å². The number of nitrogens with one attached hydrogen (secondary N) is 1. The minimum Gasteiger partial charge on any atom is -0.495 e. The summed E-state index contributed by atoms with van der Waals surface area (Å²) in [4.78, 5) is 6.99. The van der Waals surface area contributed by atoms with Crippen LogP contribution < -0.4 is 10.1 Å². The molecule has 1 aromatic carbocycles. The highest BCUT2D eigenvalue weighted by Crippen LogP contribution is 2.35. The highest BCUT2D eigenvalue weighted by Gasteiger charge is 2.19. The average Bonchev–Trinajstić information content (AvgIpc) is 3.11. The molecule has 0 amide bonds. The quantitative estimate of drug-likeness (QED) is 0.682. The third kappa shape index (κ3) is 3.30. The van der Waals surface area contributed by atoms with Gasteiger partial charge in [0, 0.05) is 55.2 Å². The predicted molar refractivity (Wildman–Crippen MR) is 111 cm³/mol. The zero-order valence-corrected chi connectivity index (χ0v) is 16.3. The smallest absolute Gasteiger partial charge is 0.142 e. The first-order valence-electron chi connectivity index (χ1n) is 9.57. The molecule has 4 rings (SSSR count). The number of aromatic nitrogens is 2. The predicted octanol–water partition coefficient (Wildman–Crippen LogP) is 4.92. The third-order valence-electron chi connectivity index (χ3n) is 5.37. The highest BCUT2D eigenvalue weighted by molar-refractivity contribution is 5.98. The number of hydrogen-bond donors (Lipinski definition) is 1. The molecule has 3 heterocycles. The normalized spacial score (nSPS) is 14.3. The number of likely N-dealkylation sites (tertiary alicyclic amines) is 1. The van der Waals surface area contributed by atoms with Gasteiger partial charge in [-0.2, -0.15) is 0 Å². The number of hydrogen-bond acceptors (Lipinski definition) is 4. The Bertz CT molecular complexity index is 1020. The number of pyridine rings is 1. The van der Waals surface area contributed by atoms with Crippen LogP contribution in [-0.2, 0) is 7.05 Å². The third-order valence-corrected chi connectivity index (χ3v) is 5.37. The number of halogens is 1. The Kier molecular flexibility index (Phi) is 4.94. The molecule has 0 spiro atoms. The lowest BCUT2D eigenvalue weighted by molar-refractivity contribution is 0.326. The van der Waals surface area contributed by atoms with Gasteiger partial charge in [0.15, 0.2) is 0 Å². The van der Waals surface area contributed by atoms with Crippen LogP contribution in [0, 0.1) is 5.82 Å². The van der Waals surface area contributed by atoms with Crippen LogP contribution in [-0.4, -0.2) is 34.7 Å². The molecule has 6 heteroatoms. The second-order valence-electron chi connectivity index (χ2n) is 7.17. The molecule has 3 aromatic rings. The molecule has 0 aliphatic carbocycles. The molecule has 1 N–H and O–H groups in total. The topological polar surface area (TPSA) is 42.3 Å².